The van der Waals surface area contributed by atoms with Crippen LogP contribution >= 0.6 is 0 Å². The fourth-order valence-corrected chi connectivity index (χ4v) is 3.72. The van der Waals surface area contributed by atoms with Crippen LogP contribution in [0.1, 0.15) is 36.8 Å². The highest BCUT2D eigenvalue weighted by Crippen LogP contribution is 2.60. The summed E-state index contributed by atoms with van der Waals surface area (Å²) >= 11 is 0. The molecule has 3 N–H and O–H groups in total. The molecule has 0 bridgehead atoms. The summed E-state index contributed by atoms with van der Waals surface area (Å²) in [4.78, 5) is 11.8. The largest absolute Gasteiger partial charge is 0.396 e. The topological polar surface area (TPSA) is 61.4 Å². The zero-order chi connectivity index (χ0) is 14.8. The molecule has 2 amide bonds. The molecule has 0 spiro atoms. The van der Waals surface area contributed by atoms with Crippen molar-refractivity contribution < 1.29 is 9.90 Å². The van der Waals surface area contributed by atoms with E-state index in [1.165, 1.54) is 17.5 Å². The van der Waals surface area contributed by atoms with E-state index in [0.717, 1.165) is 25.3 Å². The van der Waals surface area contributed by atoms with Gasteiger partial charge in [-0.2, -0.15) is 0 Å². The standard InChI is InChI=1S/C17H24N2O2/c1-11(5-4-8-20)19-17(21)18-10-15-14-9-12-6-2-3-7-13(12)16(14)15/h2-3,6-7,11,14-16,20H,4-5,8-10H2,1H3,(H2,18,19,21). The molecule has 21 heavy (non-hydrogen) atoms. The maximum atomic E-state index is 11.8. The minimum absolute atomic E-state index is 0.0845. The van der Waals surface area contributed by atoms with Crippen LogP contribution in [0, 0.1) is 11.8 Å². The quantitative estimate of drug-likeness (QED) is 0.750. The third-order valence-corrected chi connectivity index (χ3v) is 4.87. The summed E-state index contributed by atoms with van der Waals surface area (Å²) in [5, 5.41) is 14.7. The van der Waals surface area contributed by atoms with Crippen LogP contribution in [0.25, 0.3) is 0 Å². The minimum atomic E-state index is -0.0845. The molecular weight excluding hydrogens is 264 g/mol. The number of nitrogens with one attached hydrogen (secondary N) is 2. The van der Waals surface area contributed by atoms with Gasteiger partial charge in [-0.1, -0.05) is 24.3 Å². The van der Waals surface area contributed by atoms with Gasteiger partial charge in [-0.25, -0.2) is 4.79 Å². The maximum absolute atomic E-state index is 11.8. The number of hydrogen-bond acceptors (Lipinski definition) is 2. The van der Waals surface area contributed by atoms with Crippen molar-refractivity contribution in [1.82, 2.24) is 10.6 Å². The Kier molecular flexibility index (Phi) is 4.15. The molecule has 0 radical (unpaired) electrons. The van der Waals surface area contributed by atoms with Crippen molar-refractivity contribution in [2.75, 3.05) is 13.2 Å². The molecule has 3 rings (SSSR count). The summed E-state index contributed by atoms with van der Waals surface area (Å²) in [6.07, 6.45) is 2.71. The first-order chi connectivity index (χ1) is 10.2. The molecule has 2 aliphatic rings. The molecule has 0 aliphatic heterocycles. The van der Waals surface area contributed by atoms with E-state index in [1.807, 2.05) is 6.92 Å². The molecule has 0 aromatic heterocycles. The van der Waals surface area contributed by atoms with E-state index >= 15 is 0 Å². The van der Waals surface area contributed by atoms with E-state index in [4.69, 9.17) is 5.11 Å². The SMILES string of the molecule is CC(CCCO)NC(=O)NCC1C2Cc3ccccc3C12. The fourth-order valence-electron chi connectivity index (χ4n) is 3.72. The lowest BCUT2D eigenvalue weighted by Gasteiger charge is -2.14. The smallest absolute Gasteiger partial charge is 0.315 e. The Labute approximate surface area is 125 Å². The number of fused-ring (bicyclic) bond motifs is 3. The third kappa shape index (κ3) is 3.05. The predicted octanol–water partition coefficient (Wildman–Crippen LogP) is 2.03. The number of amides is 2. The summed E-state index contributed by atoms with van der Waals surface area (Å²) in [7, 11) is 0. The van der Waals surface area contributed by atoms with Crippen LogP contribution in [0.15, 0.2) is 24.3 Å². The number of benzene rings is 1. The van der Waals surface area contributed by atoms with Crippen LogP contribution < -0.4 is 10.6 Å². The van der Waals surface area contributed by atoms with E-state index in [2.05, 4.69) is 34.9 Å². The molecule has 1 fully saturated rings. The highest BCUT2D eigenvalue weighted by Gasteiger charge is 2.54. The van der Waals surface area contributed by atoms with Crippen LogP contribution in [-0.4, -0.2) is 30.3 Å². The Morgan fingerprint density at radius 3 is 3.05 bits per heavy atom. The van der Waals surface area contributed by atoms with Crippen molar-refractivity contribution in [3.63, 3.8) is 0 Å². The number of rotatable bonds is 6. The van der Waals surface area contributed by atoms with Crippen LogP contribution in [0.4, 0.5) is 4.79 Å². The number of aliphatic hydroxyl groups excluding tert-OH is 1. The molecule has 4 atom stereocenters. The van der Waals surface area contributed by atoms with Crippen molar-refractivity contribution in [2.24, 2.45) is 11.8 Å². The van der Waals surface area contributed by atoms with Gasteiger partial charge in [0.05, 0.1) is 0 Å². The third-order valence-electron chi connectivity index (χ3n) is 4.87. The number of aliphatic hydroxyl groups is 1. The Bertz CT molecular complexity index is 517. The highest BCUT2D eigenvalue weighted by atomic mass is 16.3. The van der Waals surface area contributed by atoms with Gasteiger partial charge in [0, 0.05) is 19.2 Å². The number of urea groups is 1. The number of hydrogen-bond donors (Lipinski definition) is 3. The Hall–Kier alpha value is -1.55. The van der Waals surface area contributed by atoms with E-state index in [1.54, 1.807) is 0 Å². The number of carbonyl (C=O) groups excluding carboxylic acids is 1. The molecular formula is C17H24N2O2. The molecule has 114 valence electrons. The van der Waals surface area contributed by atoms with Crippen LogP contribution in [-0.2, 0) is 6.42 Å². The molecule has 1 saturated carbocycles. The fraction of sp³-hybridized carbons (Fsp3) is 0.588. The van der Waals surface area contributed by atoms with E-state index < -0.39 is 0 Å². The van der Waals surface area contributed by atoms with Gasteiger partial charge in [0.25, 0.3) is 0 Å². The van der Waals surface area contributed by atoms with Crippen molar-refractivity contribution in [2.45, 2.75) is 38.1 Å². The zero-order valence-electron chi connectivity index (χ0n) is 12.5. The second-order valence-electron chi connectivity index (χ2n) is 6.38. The summed E-state index contributed by atoms with van der Waals surface area (Å²) in [6, 6.07) is 8.70. The van der Waals surface area contributed by atoms with Crippen LogP contribution in [0.5, 0.6) is 0 Å². The molecule has 2 aliphatic carbocycles. The van der Waals surface area contributed by atoms with Gasteiger partial charge in [0.2, 0.25) is 0 Å². The first-order valence-corrected chi connectivity index (χ1v) is 7.93. The van der Waals surface area contributed by atoms with E-state index in [9.17, 15) is 4.79 Å². The van der Waals surface area contributed by atoms with Gasteiger partial charge in [-0.3, -0.25) is 0 Å². The Morgan fingerprint density at radius 2 is 2.24 bits per heavy atom. The summed E-state index contributed by atoms with van der Waals surface area (Å²) in [5.41, 5.74) is 2.98. The molecule has 0 heterocycles. The lowest BCUT2D eigenvalue weighted by atomic mass is 10.0. The van der Waals surface area contributed by atoms with Gasteiger partial charge >= 0.3 is 6.03 Å². The molecule has 4 nitrogen and oxygen atoms in total. The first-order valence-electron chi connectivity index (χ1n) is 7.93. The van der Waals surface area contributed by atoms with E-state index in [-0.39, 0.29) is 18.7 Å². The monoisotopic (exact) mass is 288 g/mol. The molecule has 1 aromatic rings. The average molecular weight is 288 g/mol. The Morgan fingerprint density at radius 1 is 1.43 bits per heavy atom. The second kappa shape index (κ2) is 6.06. The van der Waals surface area contributed by atoms with Crippen molar-refractivity contribution in [3.8, 4) is 0 Å². The van der Waals surface area contributed by atoms with Gasteiger partial charge in [-0.15, -0.1) is 0 Å². The zero-order valence-corrected chi connectivity index (χ0v) is 12.5. The van der Waals surface area contributed by atoms with Crippen LogP contribution in [0.3, 0.4) is 0 Å². The minimum Gasteiger partial charge on any atom is -0.396 e. The second-order valence-corrected chi connectivity index (χ2v) is 6.38. The first kappa shape index (κ1) is 14.4. The summed E-state index contributed by atoms with van der Waals surface area (Å²) in [5.74, 6) is 2.00. The van der Waals surface area contributed by atoms with Gasteiger partial charge in [0.15, 0.2) is 0 Å². The maximum Gasteiger partial charge on any atom is 0.315 e. The lowest BCUT2D eigenvalue weighted by molar-refractivity contribution is 0.233. The van der Waals surface area contributed by atoms with E-state index in [0.29, 0.717) is 11.8 Å². The molecule has 1 aromatic carbocycles. The summed E-state index contributed by atoms with van der Waals surface area (Å²) in [6.45, 7) is 2.91. The van der Waals surface area contributed by atoms with Crippen LogP contribution in [0.2, 0.25) is 0 Å². The molecule has 4 heteroatoms. The predicted molar refractivity (Wildman–Crippen MR) is 82.2 cm³/mol. The lowest BCUT2D eigenvalue weighted by Crippen LogP contribution is -2.41. The normalized spacial score (nSPS) is 26.7. The van der Waals surface area contributed by atoms with Crippen molar-refractivity contribution in [3.05, 3.63) is 35.4 Å². The molecule has 0 saturated heterocycles. The van der Waals surface area contributed by atoms with Gasteiger partial charge < -0.3 is 15.7 Å². The van der Waals surface area contributed by atoms with Gasteiger partial charge in [0.1, 0.15) is 0 Å². The highest BCUT2D eigenvalue weighted by molar-refractivity contribution is 5.74. The van der Waals surface area contributed by atoms with Crippen molar-refractivity contribution >= 4 is 6.03 Å². The number of carbonyl (C=O) groups is 1. The Balaban J connectivity index is 1.41. The van der Waals surface area contributed by atoms with Crippen molar-refractivity contribution in [1.29, 1.82) is 0 Å². The average Bonchev–Trinajstić information content (AvgIpc) is 3.02. The van der Waals surface area contributed by atoms with Gasteiger partial charge in [-0.05, 0) is 55.1 Å². The summed E-state index contributed by atoms with van der Waals surface area (Å²) < 4.78 is 0. The molecule has 4 unspecified atom stereocenters.